The van der Waals surface area contributed by atoms with Gasteiger partial charge in [-0.25, -0.2) is 4.98 Å². The summed E-state index contributed by atoms with van der Waals surface area (Å²) in [5, 5.41) is 4.80. The average molecular weight is 478 g/mol. The number of nitrogens with zero attached hydrogens (tertiary/aromatic N) is 4. The van der Waals surface area contributed by atoms with Gasteiger partial charge in [0, 0.05) is 55.2 Å². The Hall–Kier alpha value is -2.33. The van der Waals surface area contributed by atoms with Crippen LogP contribution in [0.2, 0.25) is 0 Å². The number of nitrogens with two attached hydrogens (primary N) is 1. The molecule has 2 N–H and O–H groups in total. The van der Waals surface area contributed by atoms with E-state index in [-0.39, 0.29) is 17.3 Å². The minimum Gasteiger partial charge on any atom is -0.402 e. The molecule has 5 atom stereocenters. The first-order chi connectivity index (χ1) is 16.1. The zero-order valence-corrected chi connectivity index (χ0v) is 19.5. The third kappa shape index (κ3) is 3.17. The largest absolute Gasteiger partial charge is 0.573 e. The van der Waals surface area contributed by atoms with E-state index in [0.29, 0.717) is 41.2 Å². The van der Waals surface area contributed by atoms with Crippen molar-refractivity contribution in [3.05, 3.63) is 24.0 Å². The summed E-state index contributed by atoms with van der Waals surface area (Å²) in [6.07, 6.45) is 0.390. The van der Waals surface area contributed by atoms with Crippen LogP contribution in [0.15, 0.2) is 18.3 Å². The number of aromatic nitrogens is 3. The standard InChI is InChI=1S/C24H30F3N5O2/c1-12(2)32-19(10-16(30-32)13-8-18(22(28)29-11-13)34-24(25,26)27)23-15-9-17(21(23)20(15)23)31-6-4-14(33-3)5-7-31/h8,10-12,14-15,17,20-21H,4-7,9H2,1-3H3,(H2,28,29). The Bertz CT molecular complexity index is 1100. The molecule has 2 bridgehead atoms. The zero-order chi connectivity index (χ0) is 24.0. The van der Waals surface area contributed by atoms with Crippen LogP contribution in [0, 0.1) is 17.8 Å². The molecule has 1 aliphatic heterocycles. The predicted molar refractivity (Wildman–Crippen MR) is 119 cm³/mol. The van der Waals surface area contributed by atoms with Crippen molar-refractivity contribution in [2.75, 3.05) is 25.9 Å². The van der Waals surface area contributed by atoms with Gasteiger partial charge in [0.15, 0.2) is 11.6 Å². The number of hydrogen-bond acceptors (Lipinski definition) is 6. The second kappa shape index (κ2) is 7.34. The summed E-state index contributed by atoms with van der Waals surface area (Å²) in [6, 6.07) is 4.08. The number of alkyl halides is 3. The molecule has 2 aromatic rings. The fraction of sp³-hybridized carbons (Fsp3) is 0.667. The molecule has 7 nitrogen and oxygen atoms in total. The summed E-state index contributed by atoms with van der Waals surface area (Å²) < 4.78 is 50.0. The highest BCUT2D eigenvalue weighted by Gasteiger charge is 2.93. The van der Waals surface area contributed by atoms with Crippen LogP contribution in [0.25, 0.3) is 11.3 Å². The monoisotopic (exact) mass is 477 g/mol. The molecule has 5 fully saturated rings. The van der Waals surface area contributed by atoms with Gasteiger partial charge < -0.3 is 15.2 Å². The van der Waals surface area contributed by atoms with Gasteiger partial charge >= 0.3 is 6.36 Å². The molecule has 184 valence electrons. The summed E-state index contributed by atoms with van der Waals surface area (Å²) in [5.74, 6) is 1.23. The van der Waals surface area contributed by atoms with Gasteiger partial charge in [-0.15, -0.1) is 13.2 Å². The van der Waals surface area contributed by atoms with E-state index >= 15 is 0 Å². The van der Waals surface area contributed by atoms with Gasteiger partial charge in [-0.2, -0.15) is 5.10 Å². The Balaban J connectivity index is 1.28. The van der Waals surface area contributed by atoms with E-state index in [2.05, 4.69) is 39.2 Å². The van der Waals surface area contributed by atoms with Crippen molar-refractivity contribution in [3.8, 4) is 17.0 Å². The molecule has 34 heavy (non-hydrogen) atoms. The lowest BCUT2D eigenvalue weighted by molar-refractivity contribution is -0.274. The number of hydrogen-bond donors (Lipinski definition) is 1. The number of likely N-dealkylation sites (tertiary alicyclic amines) is 1. The molecule has 5 aliphatic rings. The average Bonchev–Trinajstić information content (AvgIpc) is 3.35. The summed E-state index contributed by atoms with van der Waals surface area (Å²) in [4.78, 5) is 6.58. The molecule has 4 aliphatic carbocycles. The Morgan fingerprint density at radius 1 is 1.18 bits per heavy atom. The number of anilines is 1. The first-order valence-electron chi connectivity index (χ1n) is 12.0. The molecular weight excluding hydrogens is 447 g/mol. The third-order valence-corrected chi connectivity index (χ3v) is 8.58. The van der Waals surface area contributed by atoms with Crippen LogP contribution in [-0.4, -0.2) is 58.4 Å². The van der Waals surface area contributed by atoms with Crippen molar-refractivity contribution in [2.24, 2.45) is 17.8 Å². The summed E-state index contributed by atoms with van der Waals surface area (Å²) in [7, 11) is 1.80. The molecule has 0 amide bonds. The first-order valence-corrected chi connectivity index (χ1v) is 12.0. The number of fused-ring (bicyclic) bond motifs is 1. The lowest BCUT2D eigenvalue weighted by Gasteiger charge is -2.35. The molecule has 0 aromatic carbocycles. The van der Waals surface area contributed by atoms with Crippen molar-refractivity contribution in [1.82, 2.24) is 19.7 Å². The van der Waals surface area contributed by atoms with E-state index in [4.69, 9.17) is 15.6 Å². The lowest BCUT2D eigenvalue weighted by Crippen LogP contribution is -2.43. The van der Waals surface area contributed by atoms with Gasteiger partial charge in [-0.1, -0.05) is 0 Å². The molecule has 10 heteroatoms. The zero-order valence-electron chi connectivity index (χ0n) is 19.5. The maximum absolute atomic E-state index is 12.8. The highest BCUT2D eigenvalue weighted by Crippen LogP contribution is 2.91. The number of halogens is 3. The number of pyridine rings is 1. The SMILES string of the molecule is COC1CCN(C2CC3C4C2C34c2cc(-c3cnc(N)c(OC(F)(F)F)c3)nn2C(C)C)CC1. The Morgan fingerprint density at radius 3 is 2.53 bits per heavy atom. The number of methoxy groups -OCH3 is 1. The van der Waals surface area contributed by atoms with E-state index in [0.717, 1.165) is 25.9 Å². The van der Waals surface area contributed by atoms with Crippen molar-refractivity contribution in [1.29, 1.82) is 0 Å². The highest BCUT2D eigenvalue weighted by molar-refractivity contribution is 5.66. The van der Waals surface area contributed by atoms with Crippen LogP contribution in [0.1, 0.15) is 44.8 Å². The van der Waals surface area contributed by atoms with Crippen molar-refractivity contribution in [3.63, 3.8) is 0 Å². The van der Waals surface area contributed by atoms with Crippen molar-refractivity contribution >= 4 is 5.82 Å². The smallest absolute Gasteiger partial charge is 0.402 e. The van der Waals surface area contributed by atoms with Gasteiger partial charge in [0.1, 0.15) is 0 Å². The third-order valence-electron chi connectivity index (χ3n) is 8.58. The Kier molecular flexibility index (Phi) is 4.78. The van der Waals surface area contributed by atoms with Crippen LogP contribution in [-0.2, 0) is 10.2 Å². The van der Waals surface area contributed by atoms with Gasteiger partial charge in [0.2, 0.25) is 0 Å². The van der Waals surface area contributed by atoms with Crippen molar-refractivity contribution in [2.45, 2.75) is 63.1 Å². The quantitative estimate of drug-likeness (QED) is 0.678. The molecular formula is C24H30F3N5O2. The van der Waals surface area contributed by atoms with E-state index in [9.17, 15) is 13.2 Å². The van der Waals surface area contributed by atoms with Crippen LogP contribution in [0.3, 0.4) is 0 Å². The topological polar surface area (TPSA) is 78.4 Å². The van der Waals surface area contributed by atoms with Gasteiger partial charge in [0.25, 0.3) is 0 Å². The van der Waals surface area contributed by atoms with Crippen molar-refractivity contribution < 1.29 is 22.6 Å². The van der Waals surface area contributed by atoms with Gasteiger partial charge in [-0.3, -0.25) is 9.58 Å². The predicted octanol–water partition coefficient (Wildman–Crippen LogP) is 4.00. The minimum absolute atomic E-state index is 0.142. The van der Waals surface area contributed by atoms with E-state index in [1.165, 1.54) is 24.4 Å². The Labute approximate surface area is 196 Å². The fourth-order valence-electron chi connectivity index (χ4n) is 7.07. The molecule has 1 saturated heterocycles. The number of piperidine rings is 1. The molecule has 7 rings (SSSR count). The Morgan fingerprint density at radius 2 is 1.91 bits per heavy atom. The maximum atomic E-state index is 12.8. The molecule has 2 aromatic heterocycles. The number of nitrogen functional groups attached to an aromatic ring is 1. The normalized spacial score (nSPS) is 32.8. The summed E-state index contributed by atoms with van der Waals surface area (Å²) in [6.45, 7) is 6.35. The van der Waals surface area contributed by atoms with Crippen LogP contribution < -0.4 is 10.5 Å². The highest BCUT2D eigenvalue weighted by atomic mass is 19.4. The fourth-order valence-corrected chi connectivity index (χ4v) is 7.07. The molecule has 4 saturated carbocycles. The van der Waals surface area contributed by atoms with Crippen LogP contribution in [0.4, 0.5) is 19.0 Å². The van der Waals surface area contributed by atoms with E-state index in [1.54, 1.807) is 7.11 Å². The maximum Gasteiger partial charge on any atom is 0.573 e. The summed E-state index contributed by atoms with van der Waals surface area (Å²) in [5.41, 5.74) is 8.07. The number of rotatable bonds is 6. The first kappa shape index (κ1) is 22.2. The second-order valence-corrected chi connectivity index (χ2v) is 10.5. The molecule has 5 unspecified atom stereocenters. The van der Waals surface area contributed by atoms with E-state index in [1.807, 2.05) is 0 Å². The molecule has 3 heterocycles. The van der Waals surface area contributed by atoms with Crippen LogP contribution in [0.5, 0.6) is 5.75 Å². The van der Waals surface area contributed by atoms with Gasteiger partial charge in [-0.05, 0) is 63.0 Å². The van der Waals surface area contributed by atoms with Gasteiger partial charge in [0.05, 0.1) is 11.8 Å². The summed E-state index contributed by atoms with van der Waals surface area (Å²) >= 11 is 0. The van der Waals surface area contributed by atoms with Crippen LogP contribution >= 0.6 is 0 Å². The molecule has 0 spiro atoms. The minimum atomic E-state index is -4.84. The number of ether oxygens (including phenoxy) is 2. The lowest BCUT2D eigenvalue weighted by atomic mass is 9.99. The molecule has 0 radical (unpaired) electrons. The van der Waals surface area contributed by atoms with E-state index < -0.39 is 12.1 Å². The second-order valence-electron chi connectivity index (χ2n) is 10.5.